The van der Waals surface area contributed by atoms with Crippen LogP contribution in [0.3, 0.4) is 0 Å². The Balaban J connectivity index is 1.56. The number of fused-ring (bicyclic) bond motifs is 2. The van der Waals surface area contributed by atoms with Crippen LogP contribution in [0.15, 0.2) is 24.4 Å². The van der Waals surface area contributed by atoms with E-state index in [2.05, 4.69) is 15.2 Å². The zero-order valence-corrected chi connectivity index (χ0v) is 13.0. The van der Waals surface area contributed by atoms with Gasteiger partial charge in [0, 0.05) is 18.1 Å². The smallest absolute Gasteiger partial charge is 0.282 e. The van der Waals surface area contributed by atoms with Gasteiger partial charge in [-0.1, -0.05) is 6.07 Å². The molecule has 0 bridgehead atoms. The lowest BCUT2D eigenvalue weighted by molar-refractivity contribution is 0.0780. The molecule has 0 unspecified atom stereocenters. The van der Waals surface area contributed by atoms with Gasteiger partial charge in [-0.3, -0.25) is 9.20 Å². The molecule has 0 saturated carbocycles. The molecule has 6 nitrogen and oxygen atoms in total. The van der Waals surface area contributed by atoms with E-state index < -0.39 is 0 Å². The van der Waals surface area contributed by atoms with Gasteiger partial charge in [0.05, 0.1) is 12.2 Å². The Kier molecular flexibility index (Phi) is 3.15. The molecule has 0 aliphatic heterocycles. The van der Waals surface area contributed by atoms with E-state index in [9.17, 15) is 4.79 Å². The number of carbonyl (C=O) groups excluding carboxylic acids is 1. The summed E-state index contributed by atoms with van der Waals surface area (Å²) in [5, 5.41) is 8.85. The van der Waals surface area contributed by atoms with Crippen molar-refractivity contribution >= 4 is 22.9 Å². The van der Waals surface area contributed by atoms with Gasteiger partial charge in [0.15, 0.2) is 16.5 Å². The van der Waals surface area contributed by atoms with Crippen molar-refractivity contribution in [3.8, 4) is 0 Å². The lowest BCUT2D eigenvalue weighted by Gasteiger charge is -2.14. The molecule has 0 fully saturated rings. The molecule has 3 aromatic heterocycles. The monoisotopic (exact) mass is 313 g/mol. The minimum absolute atomic E-state index is 0.0490. The van der Waals surface area contributed by atoms with Crippen LogP contribution in [0.2, 0.25) is 0 Å². The molecule has 4 rings (SSSR count). The van der Waals surface area contributed by atoms with Gasteiger partial charge in [-0.25, -0.2) is 4.98 Å². The SMILES string of the molecule is CN(Cc1nnc2ccccn12)C(=O)c1nc2c(s1)CCC2. The number of amides is 1. The molecule has 1 aliphatic rings. The summed E-state index contributed by atoms with van der Waals surface area (Å²) in [7, 11) is 1.78. The van der Waals surface area contributed by atoms with Gasteiger partial charge in [0.25, 0.3) is 5.91 Å². The van der Waals surface area contributed by atoms with Gasteiger partial charge in [-0.05, 0) is 31.4 Å². The third kappa shape index (κ3) is 2.18. The van der Waals surface area contributed by atoms with Crippen molar-refractivity contribution in [2.75, 3.05) is 7.05 Å². The molecule has 0 aromatic carbocycles. The van der Waals surface area contributed by atoms with Crippen molar-refractivity contribution in [2.45, 2.75) is 25.8 Å². The average Bonchev–Trinajstić information content (AvgIpc) is 3.21. The average molecular weight is 313 g/mol. The van der Waals surface area contributed by atoms with Crippen LogP contribution in [-0.2, 0) is 19.4 Å². The van der Waals surface area contributed by atoms with Crippen molar-refractivity contribution in [1.29, 1.82) is 0 Å². The molecule has 0 atom stereocenters. The highest BCUT2D eigenvalue weighted by atomic mass is 32.1. The first-order chi connectivity index (χ1) is 10.7. The van der Waals surface area contributed by atoms with Gasteiger partial charge < -0.3 is 4.90 Å². The summed E-state index contributed by atoms with van der Waals surface area (Å²) >= 11 is 1.53. The normalized spacial score (nSPS) is 13.5. The van der Waals surface area contributed by atoms with Gasteiger partial charge in [0.2, 0.25) is 0 Å². The van der Waals surface area contributed by atoms with Crippen molar-refractivity contribution in [2.24, 2.45) is 0 Å². The fourth-order valence-corrected chi connectivity index (χ4v) is 3.87. The molecule has 112 valence electrons. The molecular formula is C15H15N5OS. The minimum Gasteiger partial charge on any atom is -0.332 e. The number of hydrogen-bond donors (Lipinski definition) is 0. The Bertz CT molecular complexity index is 831. The van der Waals surface area contributed by atoms with E-state index in [0.29, 0.717) is 11.6 Å². The molecule has 0 saturated heterocycles. The summed E-state index contributed by atoms with van der Waals surface area (Å²) in [6.45, 7) is 0.411. The predicted octanol–water partition coefficient (Wildman–Crippen LogP) is 1.95. The first-order valence-electron chi connectivity index (χ1n) is 7.25. The number of pyridine rings is 1. The van der Waals surface area contributed by atoms with E-state index >= 15 is 0 Å². The summed E-state index contributed by atoms with van der Waals surface area (Å²) in [5.41, 5.74) is 1.89. The highest BCUT2D eigenvalue weighted by Gasteiger charge is 2.23. The molecule has 0 radical (unpaired) electrons. The third-order valence-electron chi connectivity index (χ3n) is 3.89. The van der Waals surface area contributed by atoms with Gasteiger partial charge in [0.1, 0.15) is 0 Å². The number of hydrogen-bond acceptors (Lipinski definition) is 5. The number of carbonyl (C=O) groups is 1. The summed E-state index contributed by atoms with van der Waals surface area (Å²) < 4.78 is 1.89. The molecule has 0 N–H and O–H groups in total. The molecule has 22 heavy (non-hydrogen) atoms. The topological polar surface area (TPSA) is 63.4 Å². The molecular weight excluding hydrogens is 298 g/mol. The minimum atomic E-state index is -0.0490. The summed E-state index contributed by atoms with van der Waals surface area (Å²) in [6.07, 6.45) is 5.11. The fraction of sp³-hybridized carbons (Fsp3) is 0.333. The number of nitrogens with zero attached hydrogens (tertiary/aromatic N) is 5. The van der Waals surface area contributed by atoms with E-state index in [-0.39, 0.29) is 5.91 Å². The Labute approximate surface area is 131 Å². The van der Waals surface area contributed by atoms with Crippen molar-refractivity contribution < 1.29 is 4.79 Å². The molecule has 1 amide bonds. The van der Waals surface area contributed by atoms with Gasteiger partial charge in [-0.15, -0.1) is 21.5 Å². The van der Waals surface area contributed by atoms with E-state index in [1.54, 1.807) is 11.9 Å². The summed E-state index contributed by atoms with van der Waals surface area (Å²) in [4.78, 5) is 19.9. The van der Waals surface area contributed by atoms with E-state index in [1.165, 1.54) is 16.2 Å². The second-order valence-corrected chi connectivity index (χ2v) is 6.53. The largest absolute Gasteiger partial charge is 0.332 e. The van der Waals surface area contributed by atoms with Crippen LogP contribution in [0.5, 0.6) is 0 Å². The standard InChI is InChI=1S/C15H15N5OS/c1-19(9-13-18-17-12-7-2-3-8-20(12)13)15(21)14-16-10-5-4-6-11(10)22-14/h2-3,7-8H,4-6,9H2,1H3. The van der Waals surface area contributed by atoms with Crippen molar-refractivity contribution in [1.82, 2.24) is 24.5 Å². The number of thiazole rings is 1. The maximum atomic E-state index is 12.5. The van der Waals surface area contributed by atoms with E-state index in [1.807, 2.05) is 28.8 Å². The Morgan fingerprint density at radius 3 is 3.14 bits per heavy atom. The van der Waals surface area contributed by atoms with Gasteiger partial charge >= 0.3 is 0 Å². The maximum Gasteiger partial charge on any atom is 0.282 e. The Morgan fingerprint density at radius 1 is 1.36 bits per heavy atom. The lowest BCUT2D eigenvalue weighted by Crippen LogP contribution is -2.27. The van der Waals surface area contributed by atoms with E-state index in [4.69, 9.17) is 0 Å². The number of aromatic nitrogens is 4. The second-order valence-electron chi connectivity index (χ2n) is 5.45. The van der Waals surface area contributed by atoms with Crippen LogP contribution >= 0.6 is 11.3 Å². The van der Waals surface area contributed by atoms with Crippen LogP contribution in [0, 0.1) is 0 Å². The predicted molar refractivity (Wildman–Crippen MR) is 82.9 cm³/mol. The van der Waals surface area contributed by atoms with Crippen LogP contribution in [-0.4, -0.2) is 37.4 Å². The zero-order valence-electron chi connectivity index (χ0n) is 12.2. The quantitative estimate of drug-likeness (QED) is 0.741. The fourth-order valence-electron chi connectivity index (χ4n) is 2.73. The van der Waals surface area contributed by atoms with Crippen LogP contribution in [0.25, 0.3) is 5.65 Å². The first kappa shape index (κ1) is 13.4. The summed E-state index contributed by atoms with van der Waals surface area (Å²) in [6, 6.07) is 5.73. The Hall–Kier alpha value is -2.28. The molecule has 0 spiro atoms. The molecule has 3 heterocycles. The molecule has 3 aromatic rings. The third-order valence-corrected chi connectivity index (χ3v) is 5.03. The highest BCUT2D eigenvalue weighted by Crippen LogP contribution is 2.28. The van der Waals surface area contributed by atoms with Crippen LogP contribution < -0.4 is 0 Å². The number of aryl methyl sites for hydroxylation is 2. The van der Waals surface area contributed by atoms with Gasteiger partial charge in [-0.2, -0.15) is 0 Å². The van der Waals surface area contributed by atoms with Crippen LogP contribution in [0.4, 0.5) is 0 Å². The second kappa shape index (κ2) is 5.17. The van der Waals surface area contributed by atoms with Crippen molar-refractivity contribution in [3.05, 3.63) is 45.8 Å². The highest BCUT2D eigenvalue weighted by molar-refractivity contribution is 7.13. The maximum absolute atomic E-state index is 12.5. The lowest BCUT2D eigenvalue weighted by atomic mass is 10.4. The molecule has 1 aliphatic carbocycles. The molecule has 7 heteroatoms. The van der Waals surface area contributed by atoms with Crippen molar-refractivity contribution in [3.63, 3.8) is 0 Å². The first-order valence-corrected chi connectivity index (χ1v) is 8.07. The summed E-state index contributed by atoms with van der Waals surface area (Å²) in [5.74, 6) is 0.697. The Morgan fingerprint density at radius 2 is 2.27 bits per heavy atom. The van der Waals surface area contributed by atoms with Crippen LogP contribution in [0.1, 0.15) is 32.6 Å². The van der Waals surface area contributed by atoms with E-state index in [0.717, 1.165) is 36.4 Å². The number of rotatable bonds is 3. The zero-order chi connectivity index (χ0) is 15.1.